The van der Waals surface area contributed by atoms with Crippen LogP contribution < -0.4 is 5.32 Å². The van der Waals surface area contributed by atoms with E-state index in [0.29, 0.717) is 18.0 Å². The zero-order valence-corrected chi connectivity index (χ0v) is 12.8. The van der Waals surface area contributed by atoms with Crippen LogP contribution in [0.3, 0.4) is 0 Å². The Labute approximate surface area is 120 Å². The van der Waals surface area contributed by atoms with Crippen molar-refractivity contribution in [2.45, 2.75) is 39.3 Å². The molecule has 1 nitrogen and oxygen atoms in total. The third-order valence-corrected chi connectivity index (χ3v) is 4.39. The van der Waals surface area contributed by atoms with Crippen LogP contribution in [0, 0.1) is 5.92 Å². The lowest BCUT2D eigenvalue weighted by atomic mass is 9.96. The summed E-state index contributed by atoms with van der Waals surface area (Å²) in [5.74, 6) is 0.688. The van der Waals surface area contributed by atoms with Gasteiger partial charge in [-0.1, -0.05) is 50.2 Å². The second-order valence-corrected chi connectivity index (χ2v) is 6.48. The van der Waals surface area contributed by atoms with Gasteiger partial charge in [-0.15, -0.1) is 11.3 Å². The van der Waals surface area contributed by atoms with E-state index in [0.717, 1.165) is 0 Å². The molecule has 0 amide bonds. The molecule has 0 saturated heterocycles. The van der Waals surface area contributed by atoms with Crippen LogP contribution in [-0.4, -0.2) is 0 Å². The van der Waals surface area contributed by atoms with Gasteiger partial charge in [0.05, 0.1) is 0 Å². The molecule has 0 spiro atoms. The minimum Gasteiger partial charge on any atom is -0.303 e. The number of rotatable bonds is 6. The van der Waals surface area contributed by atoms with Gasteiger partial charge in [0.2, 0.25) is 0 Å². The van der Waals surface area contributed by atoms with Gasteiger partial charge in [-0.25, -0.2) is 0 Å². The molecule has 2 heteroatoms. The summed E-state index contributed by atoms with van der Waals surface area (Å²) in [7, 11) is 0. The van der Waals surface area contributed by atoms with Crippen LogP contribution in [0.2, 0.25) is 0 Å². The number of hydrogen-bond donors (Lipinski definition) is 1. The SMILES string of the molecule is CC(C)CC(N[C@@H](C)c1cccs1)c1ccccc1. The molecule has 1 aromatic heterocycles. The Morgan fingerprint density at radius 1 is 1.00 bits per heavy atom. The first kappa shape index (κ1) is 14.3. The highest BCUT2D eigenvalue weighted by molar-refractivity contribution is 7.10. The third kappa shape index (κ3) is 4.19. The first-order chi connectivity index (χ1) is 9.16. The standard InChI is InChI=1S/C17H23NS/c1-13(2)12-16(15-8-5-4-6-9-15)18-14(3)17-10-7-11-19-17/h4-11,13-14,16,18H,12H2,1-3H3/t14-,16?/m0/s1. The van der Waals surface area contributed by atoms with Crippen molar-refractivity contribution in [1.29, 1.82) is 0 Å². The quantitative estimate of drug-likeness (QED) is 0.764. The molecule has 2 atom stereocenters. The summed E-state index contributed by atoms with van der Waals surface area (Å²) in [6.07, 6.45) is 1.17. The third-order valence-electron chi connectivity index (χ3n) is 3.33. The summed E-state index contributed by atoms with van der Waals surface area (Å²) in [6, 6.07) is 15.9. The molecule has 0 aliphatic heterocycles. The molecule has 0 aliphatic carbocycles. The van der Waals surface area contributed by atoms with Gasteiger partial charge in [0.1, 0.15) is 0 Å². The average Bonchev–Trinajstić information content (AvgIpc) is 2.92. The monoisotopic (exact) mass is 273 g/mol. The molecule has 1 aromatic carbocycles. The van der Waals surface area contributed by atoms with Gasteiger partial charge >= 0.3 is 0 Å². The van der Waals surface area contributed by atoms with Gasteiger partial charge in [0, 0.05) is 17.0 Å². The lowest BCUT2D eigenvalue weighted by molar-refractivity contribution is 0.396. The van der Waals surface area contributed by atoms with Crippen LogP contribution >= 0.6 is 11.3 Å². The maximum Gasteiger partial charge on any atom is 0.0391 e. The lowest BCUT2D eigenvalue weighted by Gasteiger charge is -2.25. The van der Waals surface area contributed by atoms with Crippen molar-refractivity contribution in [1.82, 2.24) is 5.32 Å². The smallest absolute Gasteiger partial charge is 0.0391 e. The molecule has 19 heavy (non-hydrogen) atoms. The van der Waals surface area contributed by atoms with E-state index in [-0.39, 0.29) is 0 Å². The zero-order valence-electron chi connectivity index (χ0n) is 12.0. The van der Waals surface area contributed by atoms with Gasteiger partial charge in [-0.05, 0) is 36.3 Å². The van der Waals surface area contributed by atoms with E-state index in [1.807, 2.05) is 11.3 Å². The number of nitrogens with one attached hydrogen (secondary N) is 1. The van der Waals surface area contributed by atoms with Crippen LogP contribution in [-0.2, 0) is 0 Å². The van der Waals surface area contributed by atoms with E-state index in [4.69, 9.17) is 0 Å². The molecular formula is C17H23NS. The molecule has 2 rings (SSSR count). The summed E-state index contributed by atoms with van der Waals surface area (Å²) < 4.78 is 0. The van der Waals surface area contributed by atoms with Gasteiger partial charge in [-0.2, -0.15) is 0 Å². The fourth-order valence-corrected chi connectivity index (χ4v) is 3.12. The summed E-state index contributed by atoms with van der Waals surface area (Å²) in [6.45, 7) is 6.82. The first-order valence-corrected chi connectivity index (χ1v) is 7.89. The van der Waals surface area contributed by atoms with Crippen LogP contribution in [0.15, 0.2) is 47.8 Å². The van der Waals surface area contributed by atoms with Gasteiger partial charge in [-0.3, -0.25) is 0 Å². The van der Waals surface area contributed by atoms with E-state index in [1.165, 1.54) is 16.9 Å². The van der Waals surface area contributed by atoms with Crippen LogP contribution in [0.4, 0.5) is 0 Å². The number of thiophene rings is 1. The second kappa shape index (κ2) is 6.88. The Balaban J connectivity index is 2.10. The molecule has 1 heterocycles. The van der Waals surface area contributed by atoms with E-state index in [2.05, 4.69) is 73.9 Å². The summed E-state index contributed by atoms with van der Waals surface area (Å²) >= 11 is 1.82. The van der Waals surface area contributed by atoms with Gasteiger partial charge in [0.25, 0.3) is 0 Å². The molecule has 0 saturated carbocycles. The van der Waals surface area contributed by atoms with Crippen LogP contribution in [0.25, 0.3) is 0 Å². The molecule has 2 aromatic rings. The molecule has 102 valence electrons. The summed E-state index contributed by atoms with van der Waals surface area (Å²) in [5.41, 5.74) is 1.39. The molecular weight excluding hydrogens is 250 g/mol. The lowest BCUT2D eigenvalue weighted by Crippen LogP contribution is -2.25. The predicted octanol–water partition coefficient (Wildman–Crippen LogP) is 5.19. The Hall–Kier alpha value is -1.12. The Bertz CT molecular complexity index is 461. The minimum atomic E-state index is 0.406. The largest absolute Gasteiger partial charge is 0.303 e. The van der Waals surface area contributed by atoms with Crippen molar-refractivity contribution >= 4 is 11.3 Å². The predicted molar refractivity (Wildman–Crippen MR) is 84.5 cm³/mol. The van der Waals surface area contributed by atoms with Crippen molar-refractivity contribution < 1.29 is 0 Å². The van der Waals surface area contributed by atoms with Crippen LogP contribution in [0.5, 0.6) is 0 Å². The van der Waals surface area contributed by atoms with Crippen molar-refractivity contribution in [3.05, 3.63) is 58.3 Å². The van der Waals surface area contributed by atoms with Gasteiger partial charge in [0.15, 0.2) is 0 Å². The normalized spacial score (nSPS) is 14.5. The maximum absolute atomic E-state index is 3.78. The highest BCUT2D eigenvalue weighted by Gasteiger charge is 2.16. The molecule has 0 bridgehead atoms. The Morgan fingerprint density at radius 2 is 1.74 bits per heavy atom. The highest BCUT2D eigenvalue weighted by atomic mass is 32.1. The average molecular weight is 273 g/mol. The topological polar surface area (TPSA) is 12.0 Å². The Kier molecular flexibility index (Phi) is 5.17. The number of hydrogen-bond acceptors (Lipinski definition) is 2. The molecule has 0 aliphatic rings. The summed E-state index contributed by atoms with van der Waals surface area (Å²) in [4.78, 5) is 1.41. The van der Waals surface area contributed by atoms with E-state index in [1.54, 1.807) is 0 Å². The van der Waals surface area contributed by atoms with Crippen molar-refractivity contribution in [3.63, 3.8) is 0 Å². The van der Waals surface area contributed by atoms with Crippen molar-refractivity contribution in [2.75, 3.05) is 0 Å². The van der Waals surface area contributed by atoms with Gasteiger partial charge < -0.3 is 5.32 Å². The highest BCUT2D eigenvalue weighted by Crippen LogP contribution is 2.26. The van der Waals surface area contributed by atoms with Crippen LogP contribution in [0.1, 0.15) is 49.7 Å². The maximum atomic E-state index is 3.78. The molecule has 0 fully saturated rings. The fraction of sp³-hybridized carbons (Fsp3) is 0.412. The summed E-state index contributed by atoms with van der Waals surface area (Å²) in [5, 5.41) is 5.92. The van der Waals surface area contributed by atoms with E-state index in [9.17, 15) is 0 Å². The minimum absolute atomic E-state index is 0.406. The Morgan fingerprint density at radius 3 is 2.32 bits per heavy atom. The van der Waals surface area contributed by atoms with Crippen molar-refractivity contribution in [3.8, 4) is 0 Å². The number of benzene rings is 1. The molecule has 1 unspecified atom stereocenters. The first-order valence-electron chi connectivity index (χ1n) is 7.01. The second-order valence-electron chi connectivity index (χ2n) is 5.50. The zero-order chi connectivity index (χ0) is 13.7. The fourth-order valence-electron chi connectivity index (χ4n) is 2.38. The van der Waals surface area contributed by atoms with Crippen molar-refractivity contribution in [2.24, 2.45) is 5.92 Å². The molecule has 0 radical (unpaired) electrons. The molecule has 1 N–H and O–H groups in total. The van der Waals surface area contributed by atoms with E-state index < -0.39 is 0 Å². The van der Waals surface area contributed by atoms with E-state index >= 15 is 0 Å².